The number of imidazole rings is 1. The summed E-state index contributed by atoms with van der Waals surface area (Å²) >= 11 is 13.5. The summed E-state index contributed by atoms with van der Waals surface area (Å²) in [6, 6.07) is 8.54. The minimum Gasteiger partial charge on any atom is -0.323 e. The van der Waals surface area contributed by atoms with E-state index in [4.69, 9.17) is 16.6 Å². The average Bonchev–Trinajstić information content (AvgIpc) is 2.95. The Kier molecular flexibility index (Phi) is 4.69. The van der Waals surface area contributed by atoms with Gasteiger partial charge in [0.2, 0.25) is 0 Å². The van der Waals surface area contributed by atoms with Crippen molar-refractivity contribution in [3.8, 4) is 0 Å². The monoisotopic (exact) mass is 480 g/mol. The molecule has 0 radical (unpaired) electrons. The van der Waals surface area contributed by atoms with Crippen molar-refractivity contribution in [3.05, 3.63) is 48.4 Å². The highest BCUT2D eigenvalue weighted by molar-refractivity contribution is 14.1. The first-order chi connectivity index (χ1) is 9.67. The summed E-state index contributed by atoms with van der Waals surface area (Å²) in [5.41, 5.74) is 2.22. The highest BCUT2D eigenvalue weighted by Gasteiger charge is 2.12. The third kappa shape index (κ3) is 3.05. The number of aromatic nitrogens is 2. The quantitative estimate of drug-likeness (QED) is 0.366. The number of alkyl halides is 1. The molecule has 2 aromatic heterocycles. The lowest BCUT2D eigenvalue weighted by molar-refractivity contribution is 0.763. The van der Waals surface area contributed by atoms with Gasteiger partial charge >= 0.3 is 0 Å². The van der Waals surface area contributed by atoms with Crippen LogP contribution < -0.4 is 0 Å². The second-order valence-electron chi connectivity index (χ2n) is 4.42. The molecule has 0 aliphatic rings. The van der Waals surface area contributed by atoms with Crippen LogP contribution in [0, 0.1) is 3.57 Å². The van der Waals surface area contributed by atoms with Gasteiger partial charge in [-0.05, 0) is 62.8 Å². The molecule has 2 nitrogen and oxygen atoms in total. The van der Waals surface area contributed by atoms with Crippen molar-refractivity contribution in [2.75, 3.05) is 5.88 Å². The minimum atomic E-state index is 0.592. The van der Waals surface area contributed by atoms with Crippen molar-refractivity contribution in [1.29, 1.82) is 0 Å². The second kappa shape index (κ2) is 6.34. The molecule has 1 aromatic carbocycles. The maximum Gasteiger partial charge on any atom is 0.111 e. The van der Waals surface area contributed by atoms with Crippen LogP contribution in [0.5, 0.6) is 0 Å². The SMILES string of the molecule is ClCCc1nc2cc(I)ccc2n1Cc1cc(Br)cs1. The van der Waals surface area contributed by atoms with E-state index in [0.717, 1.165) is 28.8 Å². The van der Waals surface area contributed by atoms with Crippen LogP contribution >= 0.6 is 61.5 Å². The number of fused-ring (bicyclic) bond motifs is 1. The Hall–Kier alpha value is -0.110. The van der Waals surface area contributed by atoms with Crippen LogP contribution in [-0.4, -0.2) is 15.4 Å². The van der Waals surface area contributed by atoms with Crippen molar-refractivity contribution in [2.45, 2.75) is 13.0 Å². The molecule has 0 N–H and O–H groups in total. The topological polar surface area (TPSA) is 17.8 Å². The zero-order chi connectivity index (χ0) is 14.1. The van der Waals surface area contributed by atoms with Crippen LogP contribution in [0.3, 0.4) is 0 Å². The number of nitrogens with zero attached hydrogens (tertiary/aromatic N) is 2. The van der Waals surface area contributed by atoms with Crippen molar-refractivity contribution in [2.24, 2.45) is 0 Å². The molecule has 6 heteroatoms. The summed E-state index contributed by atoms with van der Waals surface area (Å²) in [4.78, 5) is 6.04. The molecular weight excluding hydrogens is 470 g/mol. The number of hydrogen-bond donors (Lipinski definition) is 0. The molecule has 0 spiro atoms. The molecular formula is C14H11BrClIN2S. The van der Waals surface area contributed by atoms with Crippen LogP contribution in [0.4, 0.5) is 0 Å². The molecule has 3 aromatic rings. The number of thiophene rings is 1. The summed E-state index contributed by atoms with van der Waals surface area (Å²) < 4.78 is 4.61. The van der Waals surface area contributed by atoms with Crippen LogP contribution in [0.25, 0.3) is 11.0 Å². The van der Waals surface area contributed by atoms with Gasteiger partial charge in [0.05, 0.1) is 17.6 Å². The highest BCUT2D eigenvalue weighted by Crippen LogP contribution is 2.25. The fourth-order valence-electron chi connectivity index (χ4n) is 2.20. The van der Waals surface area contributed by atoms with Gasteiger partial charge in [-0.15, -0.1) is 22.9 Å². The molecule has 2 heterocycles. The second-order valence-corrected chi connectivity index (χ2v) is 7.95. The maximum absolute atomic E-state index is 5.91. The summed E-state index contributed by atoms with van der Waals surface area (Å²) in [6.45, 7) is 0.847. The fraction of sp³-hybridized carbons (Fsp3) is 0.214. The number of benzene rings is 1. The van der Waals surface area contributed by atoms with Crippen molar-refractivity contribution < 1.29 is 0 Å². The molecule has 0 aliphatic carbocycles. The Balaban J connectivity index is 2.08. The number of hydrogen-bond acceptors (Lipinski definition) is 2. The van der Waals surface area contributed by atoms with Gasteiger partial charge in [-0.2, -0.15) is 0 Å². The zero-order valence-corrected chi connectivity index (χ0v) is 15.8. The van der Waals surface area contributed by atoms with Gasteiger partial charge in [-0.25, -0.2) is 4.98 Å². The predicted molar refractivity (Wildman–Crippen MR) is 98.0 cm³/mol. The molecule has 0 unspecified atom stereocenters. The fourth-order valence-corrected chi connectivity index (χ4v) is 4.28. The summed E-state index contributed by atoms with van der Waals surface area (Å²) in [5.74, 6) is 1.65. The first kappa shape index (κ1) is 14.8. The van der Waals surface area contributed by atoms with E-state index >= 15 is 0 Å². The van der Waals surface area contributed by atoms with Gasteiger partial charge in [0, 0.05) is 30.6 Å². The first-order valence-corrected chi connectivity index (χ1v) is 9.39. The van der Waals surface area contributed by atoms with Crippen LogP contribution in [0.15, 0.2) is 34.1 Å². The van der Waals surface area contributed by atoms with E-state index in [1.807, 2.05) is 0 Å². The van der Waals surface area contributed by atoms with E-state index in [1.165, 1.54) is 14.0 Å². The smallest absolute Gasteiger partial charge is 0.111 e. The van der Waals surface area contributed by atoms with Crippen molar-refractivity contribution in [1.82, 2.24) is 9.55 Å². The summed E-state index contributed by atoms with van der Waals surface area (Å²) in [6.07, 6.45) is 0.791. The van der Waals surface area contributed by atoms with E-state index in [2.05, 4.69) is 72.7 Å². The molecule has 0 saturated carbocycles. The van der Waals surface area contributed by atoms with Gasteiger partial charge in [0.25, 0.3) is 0 Å². The standard InChI is InChI=1S/C14H11BrClIN2S/c15-9-5-11(20-8-9)7-19-13-2-1-10(17)6-12(13)18-14(19)3-4-16/h1-2,5-6,8H,3-4,7H2. The van der Waals surface area contributed by atoms with E-state index in [9.17, 15) is 0 Å². The Morgan fingerprint density at radius 2 is 2.20 bits per heavy atom. The lowest BCUT2D eigenvalue weighted by atomic mass is 10.3. The van der Waals surface area contributed by atoms with Crippen molar-refractivity contribution in [3.63, 3.8) is 0 Å². The minimum absolute atomic E-state index is 0.592. The van der Waals surface area contributed by atoms with E-state index in [-0.39, 0.29) is 0 Å². The van der Waals surface area contributed by atoms with Crippen LogP contribution in [0.1, 0.15) is 10.7 Å². The maximum atomic E-state index is 5.91. The Morgan fingerprint density at radius 3 is 2.90 bits per heavy atom. The molecule has 0 saturated heterocycles. The third-order valence-corrected chi connectivity index (χ3v) is 5.59. The van der Waals surface area contributed by atoms with Crippen LogP contribution in [-0.2, 0) is 13.0 Å². The van der Waals surface area contributed by atoms with Gasteiger partial charge < -0.3 is 4.57 Å². The Labute approximate surface area is 148 Å². The molecule has 0 bridgehead atoms. The summed E-state index contributed by atoms with van der Waals surface area (Å²) in [5, 5.41) is 2.11. The molecule has 0 atom stereocenters. The number of halogens is 3. The van der Waals surface area contributed by atoms with Gasteiger partial charge in [-0.1, -0.05) is 0 Å². The lowest BCUT2D eigenvalue weighted by Crippen LogP contribution is -2.04. The average molecular weight is 482 g/mol. The molecule has 0 amide bonds. The van der Waals surface area contributed by atoms with E-state index in [1.54, 1.807) is 11.3 Å². The van der Waals surface area contributed by atoms with E-state index in [0.29, 0.717) is 5.88 Å². The Bertz CT molecular complexity index is 753. The molecule has 0 aliphatic heterocycles. The van der Waals surface area contributed by atoms with Gasteiger partial charge in [-0.3, -0.25) is 0 Å². The predicted octanol–water partition coefficient (Wildman–Crippen LogP) is 5.29. The summed E-state index contributed by atoms with van der Waals surface area (Å²) in [7, 11) is 0. The highest BCUT2D eigenvalue weighted by atomic mass is 127. The molecule has 104 valence electrons. The molecule has 20 heavy (non-hydrogen) atoms. The molecule has 3 rings (SSSR count). The lowest BCUT2D eigenvalue weighted by Gasteiger charge is -2.07. The third-order valence-electron chi connectivity index (χ3n) is 3.04. The Morgan fingerprint density at radius 1 is 1.35 bits per heavy atom. The van der Waals surface area contributed by atoms with Gasteiger partial charge in [0.15, 0.2) is 0 Å². The largest absolute Gasteiger partial charge is 0.323 e. The van der Waals surface area contributed by atoms with Gasteiger partial charge in [0.1, 0.15) is 5.82 Å². The molecule has 0 fully saturated rings. The van der Waals surface area contributed by atoms with Crippen LogP contribution in [0.2, 0.25) is 0 Å². The zero-order valence-electron chi connectivity index (χ0n) is 10.4. The van der Waals surface area contributed by atoms with Crippen molar-refractivity contribution >= 4 is 72.5 Å². The number of aryl methyl sites for hydroxylation is 1. The van der Waals surface area contributed by atoms with E-state index < -0.39 is 0 Å². The number of rotatable bonds is 4. The first-order valence-electron chi connectivity index (χ1n) is 6.11. The normalized spacial score (nSPS) is 11.3.